The maximum absolute atomic E-state index is 4.07. The molecule has 1 heterocycles. The highest BCUT2D eigenvalue weighted by Gasteiger charge is 2.20. The molecule has 4 nitrogen and oxygen atoms in total. The molecular formula is C9H20N4. The highest BCUT2D eigenvalue weighted by Crippen LogP contribution is 2.13. The molecule has 0 aromatic rings. The summed E-state index contributed by atoms with van der Waals surface area (Å²) in [7, 11) is 5.85. The van der Waals surface area contributed by atoms with Crippen molar-refractivity contribution >= 4 is 5.96 Å². The summed E-state index contributed by atoms with van der Waals surface area (Å²) in [5.41, 5.74) is 0. The number of nitrogens with one attached hydrogen (secondary N) is 2. The van der Waals surface area contributed by atoms with Gasteiger partial charge in [-0.1, -0.05) is 0 Å². The van der Waals surface area contributed by atoms with Gasteiger partial charge in [0.25, 0.3) is 0 Å². The number of hydrogen-bond donors (Lipinski definition) is 2. The van der Waals surface area contributed by atoms with Gasteiger partial charge in [-0.05, 0) is 26.4 Å². The Morgan fingerprint density at radius 3 is 2.85 bits per heavy atom. The lowest BCUT2D eigenvalue weighted by atomic mass is 10.2. The van der Waals surface area contributed by atoms with Crippen LogP contribution in [0.2, 0.25) is 0 Å². The minimum Gasteiger partial charge on any atom is -0.359 e. The maximum atomic E-state index is 4.07. The van der Waals surface area contributed by atoms with E-state index in [0.717, 1.165) is 12.5 Å². The summed E-state index contributed by atoms with van der Waals surface area (Å²) in [5.74, 6) is 0.875. The lowest BCUT2D eigenvalue weighted by Crippen LogP contribution is -2.42. The average Bonchev–Trinajstić information content (AvgIpc) is 2.54. The summed E-state index contributed by atoms with van der Waals surface area (Å²) in [6.07, 6.45) is 2.62. The number of likely N-dealkylation sites (tertiary alicyclic amines) is 1. The lowest BCUT2D eigenvalue weighted by Gasteiger charge is -2.20. The topological polar surface area (TPSA) is 39.7 Å². The molecule has 4 heteroatoms. The van der Waals surface area contributed by atoms with Crippen LogP contribution in [-0.2, 0) is 0 Å². The van der Waals surface area contributed by atoms with Crippen LogP contribution in [0.25, 0.3) is 0 Å². The van der Waals surface area contributed by atoms with Crippen molar-refractivity contribution in [2.45, 2.75) is 18.9 Å². The minimum absolute atomic E-state index is 0.671. The molecule has 2 N–H and O–H groups in total. The van der Waals surface area contributed by atoms with Crippen LogP contribution >= 0.6 is 0 Å². The Labute approximate surface area is 80.4 Å². The van der Waals surface area contributed by atoms with Crippen molar-refractivity contribution in [2.75, 3.05) is 34.2 Å². The summed E-state index contributed by atoms with van der Waals surface area (Å²) < 4.78 is 0. The van der Waals surface area contributed by atoms with Gasteiger partial charge in [0.15, 0.2) is 5.96 Å². The Hall–Kier alpha value is -0.770. The summed E-state index contributed by atoms with van der Waals surface area (Å²) in [5, 5.41) is 6.30. The number of hydrogen-bond acceptors (Lipinski definition) is 2. The molecule has 76 valence electrons. The fraction of sp³-hybridized carbons (Fsp3) is 0.889. The van der Waals surface area contributed by atoms with Gasteiger partial charge < -0.3 is 15.5 Å². The van der Waals surface area contributed by atoms with Gasteiger partial charge >= 0.3 is 0 Å². The Morgan fingerprint density at radius 2 is 2.38 bits per heavy atom. The Morgan fingerprint density at radius 1 is 1.62 bits per heavy atom. The second-order valence-corrected chi connectivity index (χ2v) is 3.48. The van der Waals surface area contributed by atoms with E-state index in [9.17, 15) is 0 Å². The molecule has 0 radical (unpaired) electrons. The lowest BCUT2D eigenvalue weighted by molar-refractivity contribution is 0.309. The molecule has 0 aromatic heterocycles. The van der Waals surface area contributed by atoms with Crippen molar-refractivity contribution in [3.8, 4) is 0 Å². The number of likely N-dealkylation sites (N-methyl/N-ethyl adjacent to an activating group) is 1. The predicted octanol–water partition coefficient (Wildman–Crippen LogP) is -0.125. The second-order valence-electron chi connectivity index (χ2n) is 3.48. The van der Waals surface area contributed by atoms with E-state index in [1.165, 1.54) is 19.4 Å². The first-order valence-electron chi connectivity index (χ1n) is 4.86. The fourth-order valence-corrected chi connectivity index (χ4v) is 1.73. The third-order valence-corrected chi connectivity index (χ3v) is 2.64. The predicted molar refractivity (Wildman–Crippen MR) is 56.1 cm³/mol. The van der Waals surface area contributed by atoms with Crippen LogP contribution < -0.4 is 10.6 Å². The zero-order chi connectivity index (χ0) is 9.68. The number of guanidine groups is 1. The highest BCUT2D eigenvalue weighted by atomic mass is 15.2. The third kappa shape index (κ3) is 2.88. The van der Waals surface area contributed by atoms with E-state index in [4.69, 9.17) is 0 Å². The Bertz CT molecular complexity index is 178. The third-order valence-electron chi connectivity index (χ3n) is 2.64. The van der Waals surface area contributed by atoms with Gasteiger partial charge in [-0.25, -0.2) is 0 Å². The van der Waals surface area contributed by atoms with E-state index in [1.54, 1.807) is 7.05 Å². The Kier molecular flexibility index (Phi) is 4.02. The molecule has 1 aliphatic heterocycles. The number of aliphatic imine (C=N–C) groups is 1. The van der Waals surface area contributed by atoms with Crippen LogP contribution in [0.4, 0.5) is 0 Å². The molecule has 1 unspecified atom stereocenters. The van der Waals surface area contributed by atoms with E-state index in [0.29, 0.717) is 6.04 Å². The first-order valence-corrected chi connectivity index (χ1v) is 4.86. The molecule has 0 amide bonds. The molecule has 0 spiro atoms. The molecule has 1 atom stereocenters. The summed E-state index contributed by atoms with van der Waals surface area (Å²) in [6, 6.07) is 0.671. The molecule has 0 saturated carbocycles. The van der Waals surface area contributed by atoms with Gasteiger partial charge in [0.05, 0.1) is 0 Å². The number of nitrogens with zero attached hydrogens (tertiary/aromatic N) is 2. The highest BCUT2D eigenvalue weighted by molar-refractivity contribution is 5.79. The maximum Gasteiger partial charge on any atom is 0.190 e. The summed E-state index contributed by atoms with van der Waals surface area (Å²) in [6.45, 7) is 2.22. The van der Waals surface area contributed by atoms with Crippen LogP contribution in [-0.4, -0.2) is 51.1 Å². The van der Waals surface area contributed by atoms with Gasteiger partial charge in [-0.3, -0.25) is 4.99 Å². The van der Waals surface area contributed by atoms with Crippen LogP contribution in [0, 0.1) is 0 Å². The van der Waals surface area contributed by atoms with Crippen molar-refractivity contribution < 1.29 is 0 Å². The molecule has 0 bridgehead atoms. The van der Waals surface area contributed by atoms with Crippen molar-refractivity contribution in [2.24, 2.45) is 4.99 Å². The van der Waals surface area contributed by atoms with Gasteiger partial charge in [0.1, 0.15) is 0 Å². The summed E-state index contributed by atoms with van der Waals surface area (Å²) >= 11 is 0. The van der Waals surface area contributed by atoms with Gasteiger partial charge in [0.2, 0.25) is 0 Å². The number of rotatable bonds is 2. The molecule has 0 aromatic carbocycles. The van der Waals surface area contributed by atoms with Gasteiger partial charge in [0, 0.05) is 26.7 Å². The fourth-order valence-electron chi connectivity index (χ4n) is 1.73. The Balaban J connectivity index is 2.25. The molecular weight excluding hydrogens is 164 g/mol. The minimum atomic E-state index is 0.671. The van der Waals surface area contributed by atoms with E-state index < -0.39 is 0 Å². The smallest absolute Gasteiger partial charge is 0.190 e. The molecule has 13 heavy (non-hydrogen) atoms. The quantitative estimate of drug-likeness (QED) is 0.464. The monoisotopic (exact) mass is 184 g/mol. The van der Waals surface area contributed by atoms with Crippen LogP contribution in [0.15, 0.2) is 4.99 Å². The van der Waals surface area contributed by atoms with Crippen LogP contribution in [0.3, 0.4) is 0 Å². The average molecular weight is 184 g/mol. The second kappa shape index (κ2) is 5.07. The first kappa shape index (κ1) is 10.3. The molecule has 1 saturated heterocycles. The standard InChI is InChI=1S/C9H20N4/c1-10-9(11-2)12-7-8-5-4-6-13(8)3/h8H,4-7H2,1-3H3,(H2,10,11,12). The zero-order valence-electron chi connectivity index (χ0n) is 8.80. The van der Waals surface area contributed by atoms with E-state index >= 15 is 0 Å². The zero-order valence-corrected chi connectivity index (χ0v) is 8.80. The van der Waals surface area contributed by atoms with Crippen LogP contribution in [0.5, 0.6) is 0 Å². The molecule has 1 aliphatic rings. The van der Waals surface area contributed by atoms with E-state index in [-0.39, 0.29) is 0 Å². The molecule has 0 aliphatic carbocycles. The van der Waals surface area contributed by atoms with Crippen LogP contribution in [0.1, 0.15) is 12.8 Å². The normalized spacial score (nSPS) is 24.8. The molecule has 1 rings (SSSR count). The largest absolute Gasteiger partial charge is 0.359 e. The van der Waals surface area contributed by atoms with E-state index in [1.807, 2.05) is 7.05 Å². The van der Waals surface area contributed by atoms with Crippen molar-refractivity contribution in [3.63, 3.8) is 0 Å². The van der Waals surface area contributed by atoms with Crippen molar-refractivity contribution in [1.82, 2.24) is 15.5 Å². The van der Waals surface area contributed by atoms with Gasteiger partial charge in [-0.15, -0.1) is 0 Å². The van der Waals surface area contributed by atoms with Gasteiger partial charge in [-0.2, -0.15) is 0 Å². The SMILES string of the molecule is CN=C(NC)NCC1CCCN1C. The first-order chi connectivity index (χ1) is 6.27. The van der Waals surface area contributed by atoms with Crippen molar-refractivity contribution in [1.29, 1.82) is 0 Å². The summed E-state index contributed by atoms with van der Waals surface area (Å²) in [4.78, 5) is 6.47. The molecule has 1 fully saturated rings. The van der Waals surface area contributed by atoms with Crippen molar-refractivity contribution in [3.05, 3.63) is 0 Å². The van der Waals surface area contributed by atoms with E-state index in [2.05, 4.69) is 27.6 Å².